The Bertz CT molecular complexity index is 1150. The maximum Gasteiger partial charge on any atom is 0.258 e. The molecule has 0 unspecified atom stereocenters. The normalized spacial score (nSPS) is 10.8. The number of aryl methyl sites for hydroxylation is 1. The third kappa shape index (κ3) is 3.94. The largest absolute Gasteiger partial charge is 0.487 e. The highest BCUT2D eigenvalue weighted by atomic mass is 35.5. The van der Waals surface area contributed by atoms with E-state index in [0.29, 0.717) is 16.5 Å². The molecule has 0 saturated heterocycles. The highest BCUT2D eigenvalue weighted by Gasteiger charge is 2.06. The maximum absolute atomic E-state index is 12.5. The van der Waals surface area contributed by atoms with Crippen molar-refractivity contribution in [2.45, 2.75) is 6.61 Å². The fraction of sp³-hybridized carbons (Fsp3) is 0.100. The van der Waals surface area contributed by atoms with Crippen molar-refractivity contribution in [3.05, 3.63) is 88.5 Å². The molecular formula is C20H16ClN5O2. The molecule has 0 N–H and O–H groups in total. The summed E-state index contributed by atoms with van der Waals surface area (Å²) in [5.74, 6) is 0.470. The first-order valence-electron chi connectivity index (χ1n) is 8.50. The number of aromatic nitrogens is 5. The molecule has 0 spiro atoms. The standard InChI is InChI=1S/C20H16ClN5O2/c1-25-12-14(9-24-25)19-5-4-17(11-23-19)26-7-6-18(8-20(26)27)28-13-16-3-2-15(21)10-22-16/h2-12H,13H2,1H3. The summed E-state index contributed by atoms with van der Waals surface area (Å²) in [7, 11) is 1.85. The molecule has 7 nitrogen and oxygen atoms in total. The predicted molar refractivity (Wildman–Crippen MR) is 106 cm³/mol. The summed E-state index contributed by atoms with van der Waals surface area (Å²) in [6.07, 6.45) is 8.50. The molecule has 0 saturated carbocycles. The van der Waals surface area contributed by atoms with Gasteiger partial charge in [-0.3, -0.25) is 24.0 Å². The minimum Gasteiger partial charge on any atom is -0.487 e. The Balaban J connectivity index is 1.49. The molecule has 4 aromatic heterocycles. The van der Waals surface area contributed by atoms with E-state index >= 15 is 0 Å². The highest BCUT2D eigenvalue weighted by Crippen LogP contribution is 2.17. The van der Waals surface area contributed by atoms with Crippen LogP contribution in [0.4, 0.5) is 0 Å². The van der Waals surface area contributed by atoms with Gasteiger partial charge in [0.25, 0.3) is 5.56 Å². The lowest BCUT2D eigenvalue weighted by atomic mass is 10.2. The topological polar surface area (TPSA) is 74.8 Å². The summed E-state index contributed by atoms with van der Waals surface area (Å²) in [6.45, 7) is 0.252. The maximum atomic E-state index is 12.5. The average molecular weight is 394 g/mol. The quantitative estimate of drug-likeness (QED) is 0.520. The molecule has 0 aliphatic rings. The second-order valence-corrected chi connectivity index (χ2v) is 6.57. The molecule has 28 heavy (non-hydrogen) atoms. The predicted octanol–water partition coefficient (Wildman–Crippen LogP) is 3.26. The molecule has 0 radical (unpaired) electrons. The third-order valence-electron chi connectivity index (χ3n) is 4.09. The van der Waals surface area contributed by atoms with E-state index in [1.807, 2.05) is 25.4 Å². The van der Waals surface area contributed by atoms with Gasteiger partial charge >= 0.3 is 0 Å². The molecule has 0 aliphatic heterocycles. The van der Waals surface area contributed by atoms with Crippen molar-refractivity contribution in [3.8, 4) is 22.7 Å². The van der Waals surface area contributed by atoms with Crippen LogP contribution in [0.15, 0.2) is 72.2 Å². The van der Waals surface area contributed by atoms with Crippen LogP contribution in [-0.2, 0) is 13.7 Å². The molecule has 0 amide bonds. The van der Waals surface area contributed by atoms with Gasteiger partial charge in [0.2, 0.25) is 0 Å². The Morgan fingerprint density at radius 1 is 1.07 bits per heavy atom. The summed E-state index contributed by atoms with van der Waals surface area (Å²) in [4.78, 5) is 21.0. The van der Waals surface area contributed by atoms with Crippen molar-refractivity contribution in [3.63, 3.8) is 0 Å². The SMILES string of the molecule is Cn1cc(-c2ccc(-n3ccc(OCc4ccc(Cl)cn4)cc3=O)cn2)cn1. The van der Waals surface area contributed by atoms with Crippen LogP contribution in [0.2, 0.25) is 5.02 Å². The lowest BCUT2D eigenvalue weighted by Crippen LogP contribution is -2.17. The highest BCUT2D eigenvalue weighted by molar-refractivity contribution is 6.30. The van der Waals surface area contributed by atoms with Gasteiger partial charge in [0, 0.05) is 37.3 Å². The summed E-state index contributed by atoms with van der Waals surface area (Å²) in [5, 5.41) is 4.70. The van der Waals surface area contributed by atoms with Gasteiger partial charge in [0.15, 0.2) is 0 Å². The first-order chi connectivity index (χ1) is 13.6. The molecule has 0 fully saturated rings. The van der Waals surface area contributed by atoms with Gasteiger partial charge < -0.3 is 4.74 Å². The van der Waals surface area contributed by atoms with E-state index < -0.39 is 0 Å². The molecule has 0 aliphatic carbocycles. The minimum absolute atomic E-state index is 0.211. The number of nitrogens with zero attached hydrogens (tertiary/aromatic N) is 5. The average Bonchev–Trinajstić information content (AvgIpc) is 3.14. The van der Waals surface area contributed by atoms with Gasteiger partial charge in [-0.2, -0.15) is 5.10 Å². The first kappa shape index (κ1) is 17.9. The van der Waals surface area contributed by atoms with Crippen LogP contribution in [0.25, 0.3) is 16.9 Å². The zero-order valence-corrected chi connectivity index (χ0v) is 15.7. The van der Waals surface area contributed by atoms with Crippen LogP contribution in [0.1, 0.15) is 5.69 Å². The number of hydrogen-bond donors (Lipinski definition) is 0. The molecule has 4 rings (SSSR count). The number of hydrogen-bond acceptors (Lipinski definition) is 5. The number of ether oxygens (including phenoxy) is 1. The van der Waals surface area contributed by atoms with E-state index in [2.05, 4.69) is 15.1 Å². The van der Waals surface area contributed by atoms with Crippen LogP contribution in [0.5, 0.6) is 5.75 Å². The van der Waals surface area contributed by atoms with Crippen molar-refractivity contribution < 1.29 is 4.74 Å². The van der Waals surface area contributed by atoms with E-state index in [-0.39, 0.29) is 12.2 Å². The van der Waals surface area contributed by atoms with Crippen LogP contribution >= 0.6 is 11.6 Å². The van der Waals surface area contributed by atoms with Crippen LogP contribution in [-0.4, -0.2) is 24.3 Å². The fourth-order valence-corrected chi connectivity index (χ4v) is 2.78. The second kappa shape index (κ2) is 7.66. The fourth-order valence-electron chi connectivity index (χ4n) is 2.67. The van der Waals surface area contributed by atoms with Crippen molar-refractivity contribution in [1.82, 2.24) is 24.3 Å². The first-order valence-corrected chi connectivity index (χ1v) is 8.88. The molecule has 0 aromatic carbocycles. The number of rotatable bonds is 5. The Labute approximate surface area is 165 Å². The van der Waals surface area contributed by atoms with Crippen molar-refractivity contribution in [2.75, 3.05) is 0 Å². The van der Waals surface area contributed by atoms with Crippen molar-refractivity contribution in [2.24, 2.45) is 7.05 Å². The molecule has 140 valence electrons. The van der Waals surface area contributed by atoms with Crippen LogP contribution in [0, 0.1) is 0 Å². The van der Waals surface area contributed by atoms with Gasteiger partial charge in [0.1, 0.15) is 12.4 Å². The lowest BCUT2D eigenvalue weighted by Gasteiger charge is -2.09. The van der Waals surface area contributed by atoms with Crippen molar-refractivity contribution in [1.29, 1.82) is 0 Å². The minimum atomic E-state index is -0.211. The molecule has 0 atom stereocenters. The van der Waals surface area contributed by atoms with Gasteiger partial charge in [-0.25, -0.2) is 0 Å². The van der Waals surface area contributed by atoms with Crippen LogP contribution in [0.3, 0.4) is 0 Å². The Hall–Kier alpha value is -3.45. The smallest absolute Gasteiger partial charge is 0.258 e. The zero-order chi connectivity index (χ0) is 19.5. The molecule has 4 aromatic rings. The van der Waals surface area contributed by atoms with Gasteiger partial charge in [-0.1, -0.05) is 11.6 Å². The molecular weight excluding hydrogens is 378 g/mol. The van der Waals surface area contributed by atoms with Gasteiger partial charge in [-0.15, -0.1) is 0 Å². The molecule has 8 heteroatoms. The summed E-state index contributed by atoms with van der Waals surface area (Å²) in [6, 6.07) is 10.4. The van der Waals surface area contributed by atoms with Gasteiger partial charge in [0.05, 0.1) is 34.5 Å². The van der Waals surface area contributed by atoms with E-state index in [0.717, 1.165) is 17.0 Å². The lowest BCUT2D eigenvalue weighted by molar-refractivity contribution is 0.300. The monoisotopic (exact) mass is 393 g/mol. The van der Waals surface area contributed by atoms with E-state index in [1.54, 1.807) is 47.7 Å². The Morgan fingerprint density at radius 3 is 2.61 bits per heavy atom. The number of halogens is 1. The van der Waals surface area contributed by atoms with E-state index in [1.165, 1.54) is 10.6 Å². The van der Waals surface area contributed by atoms with E-state index in [9.17, 15) is 4.79 Å². The summed E-state index contributed by atoms with van der Waals surface area (Å²) < 4.78 is 8.86. The zero-order valence-electron chi connectivity index (χ0n) is 15.0. The Morgan fingerprint density at radius 2 is 1.96 bits per heavy atom. The Kier molecular flexibility index (Phi) is 4.90. The third-order valence-corrected chi connectivity index (χ3v) is 4.32. The number of pyridine rings is 3. The van der Waals surface area contributed by atoms with Gasteiger partial charge in [-0.05, 0) is 30.3 Å². The summed E-state index contributed by atoms with van der Waals surface area (Å²) in [5.41, 5.74) is 2.89. The summed E-state index contributed by atoms with van der Waals surface area (Å²) >= 11 is 5.81. The second-order valence-electron chi connectivity index (χ2n) is 6.13. The molecule has 0 bridgehead atoms. The van der Waals surface area contributed by atoms with E-state index in [4.69, 9.17) is 16.3 Å². The van der Waals surface area contributed by atoms with Crippen LogP contribution < -0.4 is 10.3 Å². The molecule has 4 heterocycles. The van der Waals surface area contributed by atoms with Crippen molar-refractivity contribution >= 4 is 11.6 Å².